The molecule has 1 heterocycles. The maximum atomic E-state index is 12.6. The van der Waals surface area contributed by atoms with Crippen molar-refractivity contribution in [2.75, 3.05) is 11.8 Å². The number of nitrogens with one attached hydrogen (secondary N) is 2. The molecule has 0 radical (unpaired) electrons. The number of rotatable bonds is 6. The van der Waals surface area contributed by atoms with Crippen LogP contribution in [0.1, 0.15) is 12.5 Å². The first kappa shape index (κ1) is 18.8. The van der Waals surface area contributed by atoms with E-state index in [1.165, 1.54) is 7.11 Å². The number of H-pyrrole nitrogens is 1. The van der Waals surface area contributed by atoms with Crippen LogP contribution in [-0.4, -0.2) is 33.4 Å². The number of halogens is 3. The average Bonchev–Trinajstić information content (AvgIpc) is 2.96. The Morgan fingerprint density at radius 2 is 2.20 bits per heavy atom. The molecule has 136 valence electrons. The van der Waals surface area contributed by atoms with E-state index in [0.717, 1.165) is 18.3 Å². The fourth-order valence-electron chi connectivity index (χ4n) is 2.14. The largest absolute Gasteiger partial charge is 0.496 e. The Hall–Kier alpha value is -2.56. The summed E-state index contributed by atoms with van der Waals surface area (Å²) in [4.78, 5) is 3.68. The van der Waals surface area contributed by atoms with E-state index in [1.54, 1.807) is 18.2 Å². The van der Waals surface area contributed by atoms with Crippen LogP contribution in [0.3, 0.4) is 0 Å². The van der Waals surface area contributed by atoms with Crippen molar-refractivity contribution in [2.45, 2.75) is 18.9 Å². The molecule has 11 heteroatoms. The maximum Gasteiger partial charge on any atom is 0.490 e. The number of methoxy groups -OCH3 is 1. The van der Waals surface area contributed by atoms with Gasteiger partial charge in [0.05, 0.1) is 19.1 Å². The number of nitrogens with two attached hydrogens (primary N) is 1. The van der Waals surface area contributed by atoms with Crippen LogP contribution in [-0.2, 0) is 17.4 Å². The van der Waals surface area contributed by atoms with Crippen molar-refractivity contribution in [2.24, 2.45) is 10.7 Å². The molecule has 0 aliphatic carbocycles. The number of ether oxygens (including phenoxy) is 1. The van der Waals surface area contributed by atoms with Gasteiger partial charge < -0.3 is 10.5 Å². The molecular formula is C14H16F3N5O2S. The van der Waals surface area contributed by atoms with Crippen LogP contribution < -0.4 is 15.2 Å². The zero-order valence-electron chi connectivity index (χ0n) is 13.3. The monoisotopic (exact) mass is 375 g/mol. The third-order valence-corrected chi connectivity index (χ3v) is 4.12. The molecule has 0 aliphatic rings. The van der Waals surface area contributed by atoms with E-state index in [9.17, 15) is 17.4 Å². The van der Waals surface area contributed by atoms with Gasteiger partial charge in [-0.3, -0.25) is 9.82 Å². The van der Waals surface area contributed by atoms with E-state index in [2.05, 4.69) is 15.2 Å². The van der Waals surface area contributed by atoms with Crippen molar-refractivity contribution in [3.8, 4) is 17.0 Å². The highest BCUT2D eigenvalue weighted by Crippen LogP contribution is 2.37. The second kappa shape index (κ2) is 7.55. The van der Waals surface area contributed by atoms with Crippen LogP contribution in [0.2, 0.25) is 0 Å². The molecule has 0 fully saturated rings. The fraction of sp³-hybridized carbons (Fsp3) is 0.286. The number of aryl methyl sites for hydroxylation is 1. The lowest BCUT2D eigenvalue weighted by Crippen LogP contribution is -2.23. The zero-order chi connectivity index (χ0) is 18.6. The van der Waals surface area contributed by atoms with Gasteiger partial charge in [-0.2, -0.15) is 18.3 Å². The molecule has 2 aromatic rings. The number of nitrogens with zero attached hydrogens (tertiary/aromatic N) is 2. The Labute approximate surface area is 144 Å². The summed E-state index contributed by atoms with van der Waals surface area (Å²) in [6.07, 6.45) is 1.60. The van der Waals surface area contributed by atoms with Crippen LogP contribution >= 0.6 is 0 Å². The van der Waals surface area contributed by atoms with Crippen molar-refractivity contribution < 1.29 is 22.1 Å². The minimum Gasteiger partial charge on any atom is -0.496 e. The predicted molar refractivity (Wildman–Crippen MR) is 90.1 cm³/mol. The first-order valence-electron chi connectivity index (χ1n) is 7.07. The van der Waals surface area contributed by atoms with Crippen molar-refractivity contribution in [1.82, 2.24) is 10.2 Å². The number of alkyl halides is 3. The summed E-state index contributed by atoms with van der Waals surface area (Å²) in [5.74, 6) is 0.426. The Balaban J connectivity index is 2.53. The van der Waals surface area contributed by atoms with E-state index >= 15 is 0 Å². The highest BCUT2D eigenvalue weighted by molar-refractivity contribution is 7.87. The van der Waals surface area contributed by atoms with Crippen molar-refractivity contribution in [1.29, 1.82) is 0 Å². The number of aromatic amines is 1. The van der Waals surface area contributed by atoms with Gasteiger partial charge in [0.25, 0.3) is 0 Å². The number of aromatic nitrogens is 2. The predicted octanol–water partition coefficient (Wildman–Crippen LogP) is 2.86. The summed E-state index contributed by atoms with van der Waals surface area (Å²) in [5.41, 5.74) is 1.66. The van der Waals surface area contributed by atoms with Gasteiger partial charge >= 0.3 is 5.51 Å². The molecule has 0 spiro atoms. The molecule has 1 aromatic heterocycles. The molecule has 1 atom stereocenters. The number of hydrogen-bond donors (Lipinski definition) is 3. The molecule has 4 N–H and O–H groups in total. The summed E-state index contributed by atoms with van der Waals surface area (Å²) in [7, 11) is -1.84. The van der Waals surface area contributed by atoms with Crippen LogP contribution in [0, 0.1) is 0 Å². The third kappa shape index (κ3) is 4.10. The minimum absolute atomic E-state index is 0.145. The summed E-state index contributed by atoms with van der Waals surface area (Å²) >= 11 is 0. The smallest absolute Gasteiger partial charge is 0.490 e. The van der Waals surface area contributed by atoms with E-state index < -0.39 is 16.5 Å². The third-order valence-electron chi connectivity index (χ3n) is 3.31. The van der Waals surface area contributed by atoms with E-state index in [1.807, 2.05) is 11.6 Å². The standard InChI is InChI=1S/C14H16F3N5O2S/c1-3-8-4-5-9(6-10(8)24-2)11-12(13(19-7-18)21-20-11)22-25(23)14(15,16)17/h4-7,22H,3H2,1-2H3,(H3,18,19,20,21). The fourth-order valence-corrected chi connectivity index (χ4v) is 2.64. The van der Waals surface area contributed by atoms with Gasteiger partial charge in [0, 0.05) is 5.56 Å². The van der Waals surface area contributed by atoms with Crippen LogP contribution in [0.25, 0.3) is 11.3 Å². The molecule has 2 rings (SSSR count). The van der Waals surface area contributed by atoms with Gasteiger partial charge in [0.15, 0.2) is 5.82 Å². The number of anilines is 1. The lowest BCUT2D eigenvalue weighted by molar-refractivity contribution is -0.0379. The first-order valence-corrected chi connectivity index (χ1v) is 8.22. The molecule has 0 amide bonds. The topological polar surface area (TPSA) is 105 Å². The summed E-state index contributed by atoms with van der Waals surface area (Å²) in [6, 6.07) is 5.11. The number of aliphatic imine (C=N–C) groups is 1. The highest BCUT2D eigenvalue weighted by Gasteiger charge is 2.38. The van der Waals surface area contributed by atoms with Crippen LogP contribution in [0.15, 0.2) is 23.2 Å². The van der Waals surface area contributed by atoms with Crippen molar-refractivity contribution in [3.63, 3.8) is 0 Å². The Morgan fingerprint density at radius 1 is 1.48 bits per heavy atom. The second-order valence-electron chi connectivity index (χ2n) is 4.77. The van der Waals surface area contributed by atoms with Gasteiger partial charge in [-0.15, -0.1) is 0 Å². The number of hydrogen-bond acceptors (Lipinski definition) is 4. The molecule has 0 aliphatic heterocycles. The lowest BCUT2D eigenvalue weighted by atomic mass is 10.1. The molecule has 0 bridgehead atoms. The van der Waals surface area contributed by atoms with E-state index in [-0.39, 0.29) is 17.2 Å². The molecular weight excluding hydrogens is 359 g/mol. The van der Waals surface area contributed by atoms with Gasteiger partial charge in [-0.1, -0.05) is 19.1 Å². The van der Waals surface area contributed by atoms with Gasteiger partial charge in [-0.25, -0.2) is 9.20 Å². The van der Waals surface area contributed by atoms with Crippen LogP contribution in [0.4, 0.5) is 24.7 Å². The highest BCUT2D eigenvalue weighted by atomic mass is 32.2. The van der Waals surface area contributed by atoms with Crippen molar-refractivity contribution in [3.05, 3.63) is 23.8 Å². The quantitative estimate of drug-likeness (QED) is 0.533. The molecule has 0 saturated carbocycles. The summed E-state index contributed by atoms with van der Waals surface area (Å²) in [5, 5.41) is 6.39. The van der Waals surface area contributed by atoms with Crippen LogP contribution in [0.5, 0.6) is 5.75 Å². The molecule has 0 saturated heterocycles. The second-order valence-corrected chi connectivity index (χ2v) is 5.98. The average molecular weight is 375 g/mol. The lowest BCUT2D eigenvalue weighted by Gasteiger charge is -2.11. The SMILES string of the molecule is CCc1ccc(-c2[nH]nc(N=CN)c2NS(=O)C(F)(F)F)cc1OC. The number of benzene rings is 1. The molecule has 1 unspecified atom stereocenters. The molecule has 25 heavy (non-hydrogen) atoms. The first-order chi connectivity index (χ1) is 11.8. The Bertz CT molecular complexity index is 804. The summed E-state index contributed by atoms with van der Waals surface area (Å²) < 4.78 is 56.5. The van der Waals surface area contributed by atoms with Crippen molar-refractivity contribution >= 4 is 28.8 Å². The Kier molecular flexibility index (Phi) is 5.67. The van der Waals surface area contributed by atoms with E-state index in [4.69, 9.17) is 10.5 Å². The maximum absolute atomic E-state index is 12.6. The van der Waals surface area contributed by atoms with Gasteiger partial charge in [0.1, 0.15) is 11.4 Å². The minimum atomic E-state index is -4.94. The summed E-state index contributed by atoms with van der Waals surface area (Å²) in [6.45, 7) is 1.95. The normalized spacial score (nSPS) is 13.2. The Morgan fingerprint density at radius 3 is 2.76 bits per heavy atom. The van der Waals surface area contributed by atoms with Gasteiger partial charge in [0.2, 0.25) is 11.0 Å². The van der Waals surface area contributed by atoms with Gasteiger partial charge in [-0.05, 0) is 18.1 Å². The molecule has 7 nitrogen and oxygen atoms in total. The van der Waals surface area contributed by atoms with E-state index in [0.29, 0.717) is 11.3 Å². The zero-order valence-corrected chi connectivity index (χ0v) is 14.2. The molecule has 1 aromatic carbocycles.